The molecule has 114 valence electrons. The van der Waals surface area contributed by atoms with Gasteiger partial charge < -0.3 is 15.1 Å². The van der Waals surface area contributed by atoms with E-state index in [2.05, 4.69) is 10.2 Å². The molecule has 1 aromatic heterocycles. The summed E-state index contributed by atoms with van der Waals surface area (Å²) < 4.78 is 16.0. The molecule has 0 bridgehead atoms. The number of aliphatic hydroxyl groups excluding tert-OH is 1. The maximum Gasteiger partial charge on any atom is 0.310 e. The van der Waals surface area contributed by atoms with Gasteiger partial charge in [0.1, 0.15) is 12.7 Å². The van der Waals surface area contributed by atoms with E-state index in [4.69, 9.17) is 4.74 Å². The first kappa shape index (κ1) is 15.9. The van der Waals surface area contributed by atoms with Crippen LogP contribution in [-0.2, 0) is 15.5 Å². The van der Waals surface area contributed by atoms with E-state index >= 15 is 0 Å². The van der Waals surface area contributed by atoms with Gasteiger partial charge in [-0.3, -0.25) is 8.86 Å². The van der Waals surface area contributed by atoms with Crippen LogP contribution in [0.5, 0.6) is 0 Å². The second-order valence-corrected chi connectivity index (χ2v) is 7.48. The molecule has 1 aliphatic rings. The van der Waals surface area contributed by atoms with Crippen LogP contribution in [0, 0.1) is 5.21 Å². The number of aromatic nitrogens is 2. The molecule has 10 heteroatoms. The summed E-state index contributed by atoms with van der Waals surface area (Å²) in [4.78, 5) is 1.74. The summed E-state index contributed by atoms with van der Waals surface area (Å²) in [6.45, 7) is 2.08. The fourth-order valence-electron chi connectivity index (χ4n) is 2.15. The number of hydroxylamine groups is 2. The van der Waals surface area contributed by atoms with E-state index in [1.165, 1.54) is 7.11 Å². The number of likely N-dealkylation sites (N-methyl/N-ethyl adjacent to an activating group) is 1. The molecule has 0 aliphatic carbocycles. The Morgan fingerprint density at radius 2 is 2.35 bits per heavy atom. The van der Waals surface area contributed by atoms with Gasteiger partial charge >= 0.3 is 5.13 Å². The van der Waals surface area contributed by atoms with Crippen molar-refractivity contribution in [3.8, 4) is 0 Å². The maximum absolute atomic E-state index is 12.9. The molecule has 0 radical (unpaired) electrons. The third-order valence-corrected chi connectivity index (χ3v) is 5.92. The van der Waals surface area contributed by atoms with Crippen LogP contribution >= 0.6 is 11.3 Å². The Labute approximate surface area is 123 Å². The van der Waals surface area contributed by atoms with Crippen molar-refractivity contribution in [1.82, 2.24) is 19.7 Å². The third kappa shape index (κ3) is 2.64. The minimum Gasteiger partial charge on any atom is -0.623 e. The minimum absolute atomic E-state index is 0.0581. The molecule has 1 fully saturated rings. The summed E-state index contributed by atoms with van der Waals surface area (Å²) in [6.07, 6.45) is -1.20. The first-order valence-electron chi connectivity index (χ1n) is 6.12. The maximum atomic E-state index is 12.9. The lowest BCUT2D eigenvalue weighted by atomic mass is 10.3. The van der Waals surface area contributed by atoms with Crippen molar-refractivity contribution in [1.29, 1.82) is 0 Å². The molecule has 0 aromatic carbocycles. The van der Waals surface area contributed by atoms with E-state index in [9.17, 15) is 14.5 Å². The normalized spacial score (nSPS) is 32.6. The number of methoxy groups -OCH3 is 1. The summed E-state index contributed by atoms with van der Waals surface area (Å²) >= 11 is 0.997. The number of hydrogen-bond acceptors (Lipinski definition) is 8. The van der Waals surface area contributed by atoms with E-state index in [1.54, 1.807) is 18.9 Å². The van der Waals surface area contributed by atoms with Crippen molar-refractivity contribution in [2.45, 2.75) is 23.5 Å². The highest BCUT2D eigenvalue weighted by Gasteiger charge is 2.49. The van der Waals surface area contributed by atoms with Gasteiger partial charge in [0.15, 0.2) is 0 Å². The number of aliphatic hydroxyl groups is 1. The largest absolute Gasteiger partial charge is 0.623 e. The molecular formula is C10H18N4O4S2. The zero-order valence-corrected chi connectivity index (χ0v) is 13.2. The monoisotopic (exact) mass is 322 g/mol. The van der Waals surface area contributed by atoms with E-state index in [0.29, 0.717) is 10.1 Å². The first-order chi connectivity index (χ1) is 9.43. The second kappa shape index (κ2) is 6.10. The zero-order valence-electron chi connectivity index (χ0n) is 11.6. The van der Waals surface area contributed by atoms with Crippen molar-refractivity contribution >= 4 is 27.3 Å². The van der Waals surface area contributed by atoms with Crippen LogP contribution in [0.15, 0.2) is 4.34 Å². The molecule has 20 heavy (non-hydrogen) atoms. The Balaban J connectivity index is 2.27. The molecule has 0 saturated carbocycles. The summed E-state index contributed by atoms with van der Waals surface area (Å²) in [5, 5.41) is 30.9. The van der Waals surface area contributed by atoms with Gasteiger partial charge in [-0.05, 0) is 18.4 Å². The number of ether oxygens (including phenoxy) is 1. The second-order valence-electron chi connectivity index (χ2n) is 4.62. The molecule has 4 unspecified atom stereocenters. The molecule has 0 amide bonds. The van der Waals surface area contributed by atoms with Gasteiger partial charge in [-0.15, -0.1) is 5.10 Å². The molecule has 1 aliphatic heterocycles. The van der Waals surface area contributed by atoms with Gasteiger partial charge in [0, 0.05) is 12.9 Å². The van der Waals surface area contributed by atoms with Crippen molar-refractivity contribution in [3.63, 3.8) is 0 Å². The highest BCUT2D eigenvalue weighted by atomic mass is 32.2. The van der Waals surface area contributed by atoms with Crippen molar-refractivity contribution < 1.29 is 14.1 Å². The Kier molecular flexibility index (Phi) is 4.84. The van der Waals surface area contributed by atoms with E-state index < -0.39 is 27.7 Å². The van der Waals surface area contributed by atoms with E-state index in [0.717, 1.165) is 11.3 Å². The van der Waals surface area contributed by atoms with Crippen LogP contribution < -0.4 is 4.65 Å². The topological polar surface area (TPSA) is 98.6 Å². The highest BCUT2D eigenvalue weighted by Crippen LogP contribution is 2.35. The Morgan fingerprint density at radius 1 is 1.65 bits per heavy atom. The molecule has 1 N–H and O–H groups in total. The van der Waals surface area contributed by atoms with E-state index in [-0.39, 0.29) is 18.4 Å². The van der Waals surface area contributed by atoms with Gasteiger partial charge in [0.2, 0.25) is 10.6 Å². The Hall–Kier alpha value is -0.490. The fraction of sp³-hybridized carbons (Fsp3) is 0.800. The molecule has 0 spiro atoms. The van der Waals surface area contributed by atoms with Crippen LogP contribution in [0.4, 0.5) is 5.13 Å². The highest BCUT2D eigenvalue weighted by molar-refractivity contribution is 7.87. The number of rotatable bonds is 5. The Bertz CT molecular complexity index is 499. The lowest BCUT2D eigenvalue weighted by molar-refractivity contribution is 0.0228. The van der Waals surface area contributed by atoms with Gasteiger partial charge in [-0.25, -0.2) is 4.90 Å². The minimum atomic E-state index is -1.24. The van der Waals surface area contributed by atoms with Crippen LogP contribution in [0.2, 0.25) is 0 Å². The predicted octanol–water partition coefficient (Wildman–Crippen LogP) is -0.293. The van der Waals surface area contributed by atoms with Crippen molar-refractivity contribution in [3.05, 3.63) is 5.21 Å². The molecule has 1 saturated heterocycles. The molecule has 2 rings (SSSR count). The summed E-state index contributed by atoms with van der Waals surface area (Å²) in [5.41, 5.74) is 0. The van der Waals surface area contributed by atoms with Gasteiger partial charge in [0.25, 0.3) is 0 Å². The summed E-state index contributed by atoms with van der Waals surface area (Å²) in [5.74, 6) is 0.419. The van der Waals surface area contributed by atoms with Crippen LogP contribution in [0.1, 0.15) is 6.92 Å². The van der Waals surface area contributed by atoms with Crippen LogP contribution in [0.25, 0.3) is 0 Å². The third-order valence-electron chi connectivity index (χ3n) is 3.28. The molecule has 4 atom stereocenters. The van der Waals surface area contributed by atoms with Crippen molar-refractivity contribution in [2.75, 3.05) is 33.2 Å². The van der Waals surface area contributed by atoms with Gasteiger partial charge in [0.05, 0.1) is 17.4 Å². The average molecular weight is 322 g/mol. The standard InChI is InChI=1S/C10H18N4O4S2/c1-4-20(17)10-12-11-9(19-10)14(16)6-13(2)7(5-18-3)8(14)15/h7-8,15H,4-6H2,1-3H3. The van der Waals surface area contributed by atoms with Crippen LogP contribution in [0.3, 0.4) is 0 Å². The molecule has 2 heterocycles. The number of hydrogen-bond donors (Lipinski definition) is 1. The molecular weight excluding hydrogens is 304 g/mol. The summed E-state index contributed by atoms with van der Waals surface area (Å²) in [7, 11) is 2.02. The summed E-state index contributed by atoms with van der Waals surface area (Å²) in [6, 6.07) is -0.401. The molecule has 1 aromatic rings. The zero-order chi connectivity index (χ0) is 14.9. The van der Waals surface area contributed by atoms with Crippen molar-refractivity contribution in [2.24, 2.45) is 0 Å². The lowest BCUT2D eigenvalue weighted by Crippen LogP contribution is -2.51. The first-order valence-corrected chi connectivity index (χ1v) is 8.26. The number of quaternary nitrogens is 1. The van der Waals surface area contributed by atoms with Crippen LogP contribution in [-0.4, -0.2) is 69.9 Å². The smallest absolute Gasteiger partial charge is 0.310 e. The van der Waals surface area contributed by atoms with E-state index in [1.807, 2.05) is 0 Å². The number of nitrogens with zero attached hydrogens (tertiary/aromatic N) is 4. The lowest BCUT2D eigenvalue weighted by Gasteiger charge is -2.37. The molecule has 8 nitrogen and oxygen atoms in total. The predicted molar refractivity (Wildman–Crippen MR) is 76.3 cm³/mol. The quantitative estimate of drug-likeness (QED) is 0.587. The Morgan fingerprint density at radius 3 is 2.95 bits per heavy atom. The van der Waals surface area contributed by atoms with Gasteiger partial charge in [-0.2, -0.15) is 0 Å². The fourth-order valence-corrected chi connectivity index (χ4v) is 4.12. The van der Waals surface area contributed by atoms with Gasteiger partial charge in [-0.1, -0.05) is 12.0 Å². The SMILES string of the molecule is CCS(=O)c1nnc([N+]2([O-])CN(C)C(COC)C2O)s1. The average Bonchev–Trinajstić information content (AvgIpc) is 2.99.